The van der Waals surface area contributed by atoms with E-state index in [9.17, 15) is 5.11 Å². The second-order valence-electron chi connectivity index (χ2n) is 7.01. The fourth-order valence-electron chi connectivity index (χ4n) is 3.70. The second-order valence-corrected chi connectivity index (χ2v) is 7.01. The van der Waals surface area contributed by atoms with Crippen molar-refractivity contribution in [2.45, 2.75) is 64.1 Å². The molecule has 2 aliphatic carbocycles. The number of fused-ring (bicyclic) bond motifs is 1. The van der Waals surface area contributed by atoms with E-state index in [-0.39, 0.29) is 12.1 Å². The Morgan fingerprint density at radius 3 is 2.45 bits per heavy atom. The average Bonchev–Trinajstić information content (AvgIpc) is 3.24. The monoisotopic (exact) mass is 273 g/mol. The minimum absolute atomic E-state index is 0.278. The number of aliphatic hydroxyl groups is 1. The van der Waals surface area contributed by atoms with E-state index < -0.39 is 0 Å². The van der Waals surface area contributed by atoms with Crippen LogP contribution in [0, 0.1) is 5.92 Å². The molecule has 2 heteroatoms. The molecule has 1 aromatic carbocycles. The topological polar surface area (TPSA) is 23.5 Å². The Kier molecular flexibility index (Phi) is 3.87. The highest BCUT2D eigenvalue weighted by atomic mass is 16.3. The zero-order valence-electron chi connectivity index (χ0n) is 12.9. The van der Waals surface area contributed by atoms with Crippen LogP contribution >= 0.6 is 0 Å². The summed E-state index contributed by atoms with van der Waals surface area (Å²) < 4.78 is 0. The fourth-order valence-corrected chi connectivity index (χ4v) is 3.70. The summed E-state index contributed by atoms with van der Waals surface area (Å²) in [6, 6.07) is 9.22. The number of nitrogens with zero attached hydrogens (tertiary/aromatic N) is 1. The number of rotatable bonds is 4. The minimum atomic E-state index is -0.330. The third-order valence-electron chi connectivity index (χ3n) is 5.06. The van der Waals surface area contributed by atoms with Gasteiger partial charge in [-0.25, -0.2) is 0 Å². The molecule has 3 atom stereocenters. The predicted octanol–water partition coefficient (Wildman–Crippen LogP) is 3.72. The van der Waals surface area contributed by atoms with E-state index in [1.807, 2.05) is 0 Å². The maximum absolute atomic E-state index is 10.8. The Hall–Kier alpha value is -0.860. The molecule has 0 bridgehead atoms. The summed E-state index contributed by atoms with van der Waals surface area (Å²) in [5, 5.41) is 10.8. The second kappa shape index (κ2) is 5.50. The van der Waals surface area contributed by atoms with Crippen molar-refractivity contribution in [3.8, 4) is 0 Å². The van der Waals surface area contributed by atoms with Crippen LogP contribution in [0.25, 0.3) is 0 Å². The Balaban J connectivity index is 1.86. The van der Waals surface area contributed by atoms with Crippen molar-refractivity contribution in [1.29, 1.82) is 0 Å². The zero-order chi connectivity index (χ0) is 14.3. The molecule has 0 spiro atoms. The van der Waals surface area contributed by atoms with Crippen molar-refractivity contribution in [1.82, 2.24) is 4.90 Å². The number of hydrogen-bond donors (Lipinski definition) is 1. The lowest BCUT2D eigenvalue weighted by Crippen LogP contribution is -2.47. The van der Waals surface area contributed by atoms with Crippen molar-refractivity contribution in [2.24, 2.45) is 5.92 Å². The maximum Gasteiger partial charge on any atom is 0.0948 e. The minimum Gasteiger partial charge on any atom is -0.387 e. The van der Waals surface area contributed by atoms with Crippen LogP contribution in [-0.2, 0) is 0 Å². The van der Waals surface area contributed by atoms with Gasteiger partial charge in [-0.15, -0.1) is 0 Å². The molecule has 2 aliphatic rings. The lowest BCUT2D eigenvalue weighted by atomic mass is 9.78. The van der Waals surface area contributed by atoms with Crippen LogP contribution in [0.4, 0.5) is 0 Å². The van der Waals surface area contributed by atoms with Gasteiger partial charge in [-0.05, 0) is 56.1 Å². The van der Waals surface area contributed by atoms with Crippen molar-refractivity contribution < 1.29 is 5.11 Å². The number of benzene rings is 1. The molecule has 1 fully saturated rings. The quantitative estimate of drug-likeness (QED) is 0.904. The van der Waals surface area contributed by atoms with Crippen molar-refractivity contribution in [2.75, 3.05) is 6.54 Å². The molecule has 20 heavy (non-hydrogen) atoms. The lowest BCUT2D eigenvalue weighted by molar-refractivity contribution is 0.0121. The van der Waals surface area contributed by atoms with Gasteiger partial charge in [0.25, 0.3) is 0 Å². The summed E-state index contributed by atoms with van der Waals surface area (Å²) in [6.07, 6.45) is 3.49. The number of aliphatic hydroxyl groups excluding tert-OH is 1. The van der Waals surface area contributed by atoms with Gasteiger partial charge in [-0.2, -0.15) is 0 Å². The van der Waals surface area contributed by atoms with E-state index in [2.05, 4.69) is 49.9 Å². The Morgan fingerprint density at radius 1 is 1.20 bits per heavy atom. The molecule has 3 unspecified atom stereocenters. The van der Waals surface area contributed by atoms with Crippen molar-refractivity contribution >= 4 is 0 Å². The van der Waals surface area contributed by atoms with Crippen LogP contribution in [0.3, 0.4) is 0 Å². The van der Waals surface area contributed by atoms with Gasteiger partial charge in [0.05, 0.1) is 6.10 Å². The van der Waals surface area contributed by atoms with Gasteiger partial charge in [0.1, 0.15) is 0 Å². The summed E-state index contributed by atoms with van der Waals surface area (Å²) in [4.78, 5) is 2.55. The zero-order valence-corrected chi connectivity index (χ0v) is 12.9. The van der Waals surface area contributed by atoms with Crippen LogP contribution in [0.1, 0.15) is 63.2 Å². The van der Waals surface area contributed by atoms with Crippen LogP contribution in [-0.4, -0.2) is 28.6 Å². The molecule has 0 heterocycles. The van der Waals surface area contributed by atoms with Crippen LogP contribution in [0.2, 0.25) is 0 Å². The summed E-state index contributed by atoms with van der Waals surface area (Å²) in [5.74, 6) is 1.41. The third kappa shape index (κ3) is 2.64. The Morgan fingerprint density at radius 2 is 1.85 bits per heavy atom. The van der Waals surface area contributed by atoms with Crippen LogP contribution in [0.15, 0.2) is 24.3 Å². The fraction of sp³-hybridized carbons (Fsp3) is 0.667. The van der Waals surface area contributed by atoms with Gasteiger partial charge in [-0.1, -0.05) is 31.2 Å². The highest BCUT2D eigenvalue weighted by Crippen LogP contribution is 2.41. The summed E-state index contributed by atoms with van der Waals surface area (Å²) in [5.41, 5.74) is 2.49. The first kappa shape index (κ1) is 14.1. The first-order valence-corrected chi connectivity index (χ1v) is 8.10. The molecule has 1 aromatic rings. The van der Waals surface area contributed by atoms with Gasteiger partial charge >= 0.3 is 0 Å². The Bertz CT molecular complexity index is 466. The summed E-state index contributed by atoms with van der Waals surface area (Å²) in [7, 11) is 0. The Labute approximate surface area is 122 Å². The van der Waals surface area contributed by atoms with Gasteiger partial charge < -0.3 is 5.11 Å². The van der Waals surface area contributed by atoms with Crippen molar-refractivity contribution in [3.63, 3.8) is 0 Å². The third-order valence-corrected chi connectivity index (χ3v) is 5.06. The standard InChI is InChI=1S/C18H27NO/c1-12(2)19(11-14-8-9-14)17-10-13(3)15-6-4-5-7-16(15)18(17)20/h4-7,12-14,17-18,20H,8-11H2,1-3H3. The molecule has 0 amide bonds. The van der Waals surface area contributed by atoms with E-state index in [0.717, 1.165) is 24.4 Å². The molecule has 0 saturated heterocycles. The van der Waals surface area contributed by atoms with Crippen LogP contribution in [0.5, 0.6) is 0 Å². The lowest BCUT2D eigenvalue weighted by Gasteiger charge is -2.43. The summed E-state index contributed by atoms with van der Waals surface area (Å²) >= 11 is 0. The smallest absolute Gasteiger partial charge is 0.0948 e. The van der Waals surface area contributed by atoms with Crippen molar-refractivity contribution in [3.05, 3.63) is 35.4 Å². The molecular weight excluding hydrogens is 246 g/mol. The van der Waals surface area contributed by atoms with E-state index in [0.29, 0.717) is 12.0 Å². The van der Waals surface area contributed by atoms with Crippen LogP contribution < -0.4 is 0 Å². The first-order valence-electron chi connectivity index (χ1n) is 8.10. The SMILES string of the molecule is CC1CC(N(CC2CC2)C(C)C)C(O)c2ccccc21. The first-order chi connectivity index (χ1) is 9.58. The average molecular weight is 273 g/mol. The highest BCUT2D eigenvalue weighted by molar-refractivity contribution is 5.35. The maximum atomic E-state index is 10.8. The number of hydrogen-bond acceptors (Lipinski definition) is 2. The normalized spacial score (nSPS) is 29.8. The van der Waals surface area contributed by atoms with E-state index in [1.165, 1.54) is 18.4 Å². The van der Waals surface area contributed by atoms with E-state index in [4.69, 9.17) is 0 Å². The van der Waals surface area contributed by atoms with Gasteiger partial charge in [0, 0.05) is 18.6 Å². The largest absolute Gasteiger partial charge is 0.387 e. The molecule has 1 N–H and O–H groups in total. The molecule has 1 saturated carbocycles. The van der Waals surface area contributed by atoms with Gasteiger partial charge in [0.15, 0.2) is 0 Å². The molecule has 0 radical (unpaired) electrons. The molecule has 0 aliphatic heterocycles. The molecule has 110 valence electrons. The van der Waals surface area contributed by atoms with Gasteiger partial charge in [0.2, 0.25) is 0 Å². The molecule has 3 rings (SSSR count). The molecule has 0 aromatic heterocycles. The van der Waals surface area contributed by atoms with Gasteiger partial charge in [-0.3, -0.25) is 4.90 Å². The highest BCUT2D eigenvalue weighted by Gasteiger charge is 2.38. The van der Waals surface area contributed by atoms with E-state index >= 15 is 0 Å². The molecular formula is C18H27NO. The summed E-state index contributed by atoms with van der Waals surface area (Å²) in [6.45, 7) is 7.99. The van der Waals surface area contributed by atoms with E-state index in [1.54, 1.807) is 0 Å². The molecule has 2 nitrogen and oxygen atoms in total. The predicted molar refractivity (Wildman–Crippen MR) is 82.8 cm³/mol.